The highest BCUT2D eigenvalue weighted by Gasteiger charge is 2.12. The molecule has 4 rings (SSSR count). The first kappa shape index (κ1) is 18.7. The SMILES string of the molecule is COc1ccc(CCNC(=O)c2ccc3c(c2)nc(C)n3-c2ccccc2)cc1. The van der Waals surface area contributed by atoms with E-state index in [1.165, 1.54) is 0 Å². The van der Waals surface area contributed by atoms with Gasteiger partial charge in [-0.05, 0) is 61.4 Å². The van der Waals surface area contributed by atoms with Crippen molar-refractivity contribution in [3.05, 3.63) is 89.7 Å². The number of hydrogen-bond acceptors (Lipinski definition) is 3. The van der Waals surface area contributed by atoms with E-state index in [9.17, 15) is 4.79 Å². The number of aromatic nitrogens is 2. The molecule has 1 heterocycles. The second-order valence-corrected chi connectivity index (χ2v) is 6.89. The summed E-state index contributed by atoms with van der Waals surface area (Å²) in [6.45, 7) is 2.54. The van der Waals surface area contributed by atoms with Gasteiger partial charge in [-0.15, -0.1) is 0 Å². The lowest BCUT2D eigenvalue weighted by Gasteiger charge is -2.08. The van der Waals surface area contributed by atoms with Crippen LogP contribution in [0.1, 0.15) is 21.7 Å². The minimum absolute atomic E-state index is 0.0904. The number of para-hydroxylation sites is 1. The average molecular weight is 385 g/mol. The Hall–Kier alpha value is -3.60. The van der Waals surface area contributed by atoms with E-state index in [2.05, 4.69) is 14.9 Å². The normalized spacial score (nSPS) is 10.8. The van der Waals surface area contributed by atoms with Crippen LogP contribution >= 0.6 is 0 Å². The molecule has 0 radical (unpaired) electrons. The molecule has 3 aromatic carbocycles. The van der Waals surface area contributed by atoms with Gasteiger partial charge in [-0.2, -0.15) is 0 Å². The van der Waals surface area contributed by atoms with E-state index >= 15 is 0 Å². The van der Waals surface area contributed by atoms with Crippen LogP contribution in [0.5, 0.6) is 5.75 Å². The van der Waals surface area contributed by atoms with Gasteiger partial charge in [-0.1, -0.05) is 30.3 Å². The lowest BCUT2D eigenvalue weighted by Crippen LogP contribution is -2.25. The Morgan fingerprint density at radius 3 is 2.52 bits per heavy atom. The predicted molar refractivity (Wildman–Crippen MR) is 115 cm³/mol. The van der Waals surface area contributed by atoms with E-state index in [4.69, 9.17) is 4.74 Å². The molecule has 5 nitrogen and oxygen atoms in total. The van der Waals surface area contributed by atoms with Crippen LogP contribution in [0.4, 0.5) is 0 Å². The molecule has 0 saturated carbocycles. The van der Waals surface area contributed by atoms with Crippen LogP contribution in [0.25, 0.3) is 16.7 Å². The molecule has 29 heavy (non-hydrogen) atoms. The van der Waals surface area contributed by atoms with Crippen molar-refractivity contribution in [1.82, 2.24) is 14.9 Å². The van der Waals surface area contributed by atoms with Crippen LogP contribution in [0.3, 0.4) is 0 Å². The van der Waals surface area contributed by atoms with Gasteiger partial charge in [0, 0.05) is 17.8 Å². The number of rotatable bonds is 6. The summed E-state index contributed by atoms with van der Waals surface area (Å²) < 4.78 is 7.26. The maximum absolute atomic E-state index is 12.6. The van der Waals surface area contributed by atoms with E-state index in [-0.39, 0.29) is 5.91 Å². The molecule has 0 aliphatic rings. The smallest absolute Gasteiger partial charge is 0.251 e. The summed E-state index contributed by atoms with van der Waals surface area (Å²) in [5.41, 5.74) is 4.63. The van der Waals surface area contributed by atoms with E-state index in [0.29, 0.717) is 12.1 Å². The van der Waals surface area contributed by atoms with Crippen molar-refractivity contribution >= 4 is 16.9 Å². The maximum Gasteiger partial charge on any atom is 0.251 e. The molecule has 1 N–H and O–H groups in total. The van der Waals surface area contributed by atoms with Gasteiger partial charge >= 0.3 is 0 Å². The van der Waals surface area contributed by atoms with Crippen molar-refractivity contribution in [3.63, 3.8) is 0 Å². The lowest BCUT2D eigenvalue weighted by molar-refractivity contribution is 0.0954. The summed E-state index contributed by atoms with van der Waals surface area (Å²) in [4.78, 5) is 17.2. The molecule has 5 heteroatoms. The number of carbonyl (C=O) groups is 1. The van der Waals surface area contributed by atoms with Crippen molar-refractivity contribution in [3.8, 4) is 11.4 Å². The third kappa shape index (κ3) is 3.99. The second kappa shape index (κ2) is 8.19. The first-order valence-corrected chi connectivity index (χ1v) is 9.61. The average Bonchev–Trinajstić information content (AvgIpc) is 3.09. The molecule has 0 saturated heterocycles. The Balaban J connectivity index is 1.47. The molecule has 0 aliphatic carbocycles. The van der Waals surface area contributed by atoms with Crippen LogP contribution < -0.4 is 10.1 Å². The summed E-state index contributed by atoms with van der Waals surface area (Å²) in [6, 6.07) is 23.6. The number of ether oxygens (including phenoxy) is 1. The zero-order chi connectivity index (χ0) is 20.2. The molecule has 0 aliphatic heterocycles. The molecule has 1 aromatic heterocycles. The van der Waals surface area contributed by atoms with Crippen molar-refractivity contribution in [2.24, 2.45) is 0 Å². The summed E-state index contributed by atoms with van der Waals surface area (Å²) in [6.07, 6.45) is 0.764. The number of benzene rings is 3. The molecular weight excluding hydrogens is 362 g/mol. The largest absolute Gasteiger partial charge is 0.497 e. The summed E-state index contributed by atoms with van der Waals surface area (Å²) in [5, 5.41) is 2.99. The van der Waals surface area contributed by atoms with Gasteiger partial charge in [-0.25, -0.2) is 4.98 Å². The molecule has 0 atom stereocenters. The Labute approximate surface area is 170 Å². The maximum atomic E-state index is 12.6. The number of aryl methyl sites for hydroxylation is 1. The third-order valence-electron chi connectivity index (χ3n) is 4.96. The number of nitrogens with zero attached hydrogens (tertiary/aromatic N) is 2. The van der Waals surface area contributed by atoms with E-state index < -0.39 is 0 Å². The molecule has 0 bridgehead atoms. The fourth-order valence-corrected chi connectivity index (χ4v) is 3.46. The van der Waals surface area contributed by atoms with Crippen LogP contribution in [-0.4, -0.2) is 29.1 Å². The fourth-order valence-electron chi connectivity index (χ4n) is 3.46. The number of fused-ring (bicyclic) bond motifs is 1. The monoisotopic (exact) mass is 385 g/mol. The Morgan fingerprint density at radius 1 is 1.03 bits per heavy atom. The van der Waals surface area contributed by atoms with Crippen LogP contribution in [-0.2, 0) is 6.42 Å². The Bertz CT molecular complexity index is 1130. The van der Waals surface area contributed by atoms with Crippen molar-refractivity contribution < 1.29 is 9.53 Å². The van der Waals surface area contributed by atoms with Gasteiger partial charge < -0.3 is 10.1 Å². The highest BCUT2D eigenvalue weighted by Crippen LogP contribution is 2.22. The van der Waals surface area contributed by atoms with Gasteiger partial charge in [0.25, 0.3) is 5.91 Å². The van der Waals surface area contributed by atoms with Crippen molar-refractivity contribution in [2.45, 2.75) is 13.3 Å². The van der Waals surface area contributed by atoms with Crippen LogP contribution in [0.15, 0.2) is 72.8 Å². The number of nitrogens with one attached hydrogen (secondary N) is 1. The van der Waals surface area contributed by atoms with E-state index in [1.807, 2.05) is 79.7 Å². The third-order valence-corrected chi connectivity index (χ3v) is 4.96. The molecule has 0 spiro atoms. The molecule has 1 amide bonds. The molecular formula is C24H23N3O2. The standard InChI is InChI=1S/C24H23N3O2/c1-17-26-22-16-19(10-13-23(22)27(17)20-6-4-3-5-7-20)24(28)25-15-14-18-8-11-21(29-2)12-9-18/h3-13,16H,14-15H2,1-2H3,(H,25,28). The van der Waals surface area contributed by atoms with Crippen LogP contribution in [0, 0.1) is 6.92 Å². The number of hydrogen-bond donors (Lipinski definition) is 1. The minimum atomic E-state index is -0.0904. The van der Waals surface area contributed by atoms with Gasteiger partial charge in [0.05, 0.1) is 18.1 Å². The topological polar surface area (TPSA) is 56.1 Å². The summed E-state index contributed by atoms with van der Waals surface area (Å²) in [5.74, 6) is 1.63. The summed E-state index contributed by atoms with van der Waals surface area (Å²) >= 11 is 0. The quantitative estimate of drug-likeness (QED) is 0.538. The van der Waals surface area contributed by atoms with Crippen LogP contribution in [0.2, 0.25) is 0 Å². The lowest BCUT2D eigenvalue weighted by atomic mass is 10.1. The molecule has 0 unspecified atom stereocenters. The fraction of sp³-hybridized carbons (Fsp3) is 0.167. The van der Waals surface area contributed by atoms with Gasteiger partial charge in [0.15, 0.2) is 0 Å². The number of amides is 1. The van der Waals surface area contributed by atoms with Crippen molar-refractivity contribution in [1.29, 1.82) is 0 Å². The van der Waals surface area contributed by atoms with Gasteiger partial charge in [0.2, 0.25) is 0 Å². The second-order valence-electron chi connectivity index (χ2n) is 6.89. The first-order valence-electron chi connectivity index (χ1n) is 9.61. The highest BCUT2D eigenvalue weighted by molar-refractivity contribution is 5.97. The molecule has 146 valence electrons. The zero-order valence-electron chi connectivity index (χ0n) is 16.6. The van der Waals surface area contributed by atoms with Gasteiger partial charge in [0.1, 0.15) is 11.6 Å². The van der Waals surface area contributed by atoms with Gasteiger partial charge in [-0.3, -0.25) is 9.36 Å². The number of methoxy groups -OCH3 is 1. The predicted octanol–water partition coefficient (Wildman–Crippen LogP) is 4.32. The zero-order valence-corrected chi connectivity index (χ0v) is 16.6. The minimum Gasteiger partial charge on any atom is -0.497 e. The molecule has 4 aromatic rings. The number of imidazole rings is 1. The Morgan fingerprint density at radius 2 is 1.79 bits per heavy atom. The Kier molecular flexibility index (Phi) is 5.29. The van der Waals surface area contributed by atoms with Crippen molar-refractivity contribution in [2.75, 3.05) is 13.7 Å². The number of carbonyl (C=O) groups excluding carboxylic acids is 1. The van der Waals surface area contributed by atoms with E-state index in [0.717, 1.165) is 40.3 Å². The summed E-state index contributed by atoms with van der Waals surface area (Å²) in [7, 11) is 1.65. The highest BCUT2D eigenvalue weighted by atomic mass is 16.5. The molecule has 0 fully saturated rings. The first-order chi connectivity index (χ1) is 14.2. The van der Waals surface area contributed by atoms with E-state index in [1.54, 1.807) is 7.11 Å².